The van der Waals surface area contributed by atoms with Crippen LogP contribution in [0, 0.1) is 16.7 Å². The zero-order valence-corrected chi connectivity index (χ0v) is 21.6. The molecule has 3 heterocycles. The quantitative estimate of drug-likeness (QED) is 0.508. The number of thiazole rings is 1. The highest BCUT2D eigenvalue weighted by Gasteiger charge is 2.54. The van der Waals surface area contributed by atoms with Crippen LogP contribution in [-0.4, -0.2) is 65.2 Å². The van der Waals surface area contributed by atoms with E-state index in [1.165, 1.54) is 5.56 Å². The van der Waals surface area contributed by atoms with Gasteiger partial charge in [0.2, 0.25) is 0 Å². The highest BCUT2D eigenvalue weighted by atomic mass is 32.1. The van der Waals surface area contributed by atoms with Crippen LogP contribution in [0.1, 0.15) is 37.8 Å². The molecule has 2 saturated heterocycles. The Morgan fingerprint density at radius 1 is 1.14 bits per heavy atom. The molecule has 36 heavy (non-hydrogen) atoms. The SMILES string of the molecule is C[C@@H]1CN(c2nc3ccc(C#N)cc3s2)[C@@H](C)CN1C(=O)OC1CC2(C1)CN(Cc1ccccc1)C2. The summed E-state index contributed by atoms with van der Waals surface area (Å²) < 4.78 is 6.97. The van der Waals surface area contributed by atoms with Gasteiger partial charge in [-0.1, -0.05) is 41.7 Å². The molecule has 7 nitrogen and oxygen atoms in total. The van der Waals surface area contributed by atoms with Crippen LogP contribution in [0.4, 0.5) is 9.93 Å². The van der Waals surface area contributed by atoms with Crippen molar-refractivity contribution in [2.75, 3.05) is 31.1 Å². The average molecular weight is 502 g/mol. The van der Waals surface area contributed by atoms with Gasteiger partial charge in [-0.2, -0.15) is 5.26 Å². The summed E-state index contributed by atoms with van der Waals surface area (Å²) in [5.41, 5.74) is 3.26. The molecular formula is C28H31N5O2S. The number of piperazine rings is 1. The fourth-order valence-electron chi connectivity index (χ4n) is 6.07. The maximum Gasteiger partial charge on any atom is 0.410 e. The number of carbonyl (C=O) groups is 1. The van der Waals surface area contributed by atoms with Crippen molar-refractivity contribution >= 4 is 32.8 Å². The minimum atomic E-state index is -0.183. The molecule has 8 heteroatoms. The summed E-state index contributed by atoms with van der Waals surface area (Å²) in [6.45, 7) is 8.73. The third kappa shape index (κ3) is 4.31. The van der Waals surface area contributed by atoms with Gasteiger partial charge in [-0.25, -0.2) is 9.78 Å². The lowest BCUT2D eigenvalue weighted by molar-refractivity contribution is -0.137. The lowest BCUT2D eigenvalue weighted by atomic mass is 9.61. The molecule has 6 rings (SSSR count). The number of hydrogen-bond donors (Lipinski definition) is 0. The first kappa shape index (κ1) is 23.3. The third-order valence-corrected chi connectivity index (χ3v) is 8.98. The highest BCUT2D eigenvalue weighted by molar-refractivity contribution is 7.22. The molecule has 1 aliphatic carbocycles. The first-order valence-corrected chi connectivity index (χ1v) is 13.5. The van der Waals surface area contributed by atoms with Gasteiger partial charge in [-0.05, 0) is 50.5 Å². The second-order valence-corrected chi connectivity index (χ2v) is 11.8. The number of amides is 1. The van der Waals surface area contributed by atoms with Gasteiger partial charge in [0.05, 0.1) is 21.8 Å². The van der Waals surface area contributed by atoms with Gasteiger partial charge >= 0.3 is 6.09 Å². The summed E-state index contributed by atoms with van der Waals surface area (Å²) in [6, 6.07) is 18.6. The van der Waals surface area contributed by atoms with Gasteiger partial charge in [-0.3, -0.25) is 4.90 Å². The van der Waals surface area contributed by atoms with Crippen LogP contribution < -0.4 is 4.90 Å². The summed E-state index contributed by atoms with van der Waals surface area (Å²) in [5, 5.41) is 10.1. The molecule has 3 fully saturated rings. The summed E-state index contributed by atoms with van der Waals surface area (Å²) in [7, 11) is 0. The van der Waals surface area contributed by atoms with Crippen LogP contribution in [0.2, 0.25) is 0 Å². The molecule has 3 aliphatic rings. The van der Waals surface area contributed by atoms with E-state index in [0.717, 1.165) is 47.8 Å². The summed E-state index contributed by atoms with van der Waals surface area (Å²) in [4.78, 5) is 24.5. The lowest BCUT2D eigenvalue weighted by Crippen LogP contribution is -2.64. The summed E-state index contributed by atoms with van der Waals surface area (Å²) >= 11 is 1.61. The highest BCUT2D eigenvalue weighted by Crippen LogP contribution is 2.50. The molecule has 0 N–H and O–H groups in total. The number of carbonyl (C=O) groups excluding carboxylic acids is 1. The number of anilines is 1. The monoisotopic (exact) mass is 501 g/mol. The smallest absolute Gasteiger partial charge is 0.410 e. The molecular weight excluding hydrogens is 470 g/mol. The van der Waals surface area contributed by atoms with Crippen molar-refractivity contribution in [3.63, 3.8) is 0 Å². The minimum absolute atomic E-state index is 0.0366. The van der Waals surface area contributed by atoms with Gasteiger partial charge in [-0.15, -0.1) is 0 Å². The average Bonchev–Trinajstić information content (AvgIpc) is 3.26. The Morgan fingerprint density at radius 2 is 1.92 bits per heavy atom. The van der Waals surface area contributed by atoms with Crippen molar-refractivity contribution in [1.29, 1.82) is 5.26 Å². The Labute approximate surface area is 215 Å². The number of aromatic nitrogens is 1. The van der Waals surface area contributed by atoms with E-state index in [4.69, 9.17) is 9.72 Å². The molecule has 0 unspecified atom stereocenters. The number of nitrogens with zero attached hydrogens (tertiary/aromatic N) is 5. The predicted molar refractivity (Wildman–Crippen MR) is 141 cm³/mol. The summed E-state index contributed by atoms with van der Waals surface area (Å²) in [5.74, 6) is 0. The van der Waals surface area contributed by atoms with E-state index in [2.05, 4.69) is 60.0 Å². The van der Waals surface area contributed by atoms with Gasteiger partial charge in [0.1, 0.15) is 6.10 Å². The third-order valence-electron chi connectivity index (χ3n) is 7.93. The van der Waals surface area contributed by atoms with Crippen molar-refractivity contribution in [2.45, 2.75) is 51.4 Å². The molecule has 1 amide bonds. The van der Waals surface area contributed by atoms with E-state index in [0.29, 0.717) is 24.1 Å². The number of fused-ring (bicyclic) bond motifs is 1. The first-order chi connectivity index (χ1) is 17.4. The van der Waals surface area contributed by atoms with Crippen LogP contribution in [0.25, 0.3) is 10.2 Å². The van der Waals surface area contributed by atoms with Gasteiger partial charge in [0.15, 0.2) is 5.13 Å². The Hall–Kier alpha value is -3.15. The predicted octanol–water partition coefficient (Wildman–Crippen LogP) is 4.87. The molecule has 2 aliphatic heterocycles. The minimum Gasteiger partial charge on any atom is -0.446 e. The number of benzene rings is 2. The molecule has 2 aromatic carbocycles. The zero-order valence-electron chi connectivity index (χ0n) is 20.8. The Kier molecular flexibility index (Phi) is 5.85. The molecule has 186 valence electrons. The van der Waals surface area contributed by atoms with Crippen molar-refractivity contribution in [1.82, 2.24) is 14.8 Å². The van der Waals surface area contributed by atoms with Crippen molar-refractivity contribution in [3.05, 3.63) is 59.7 Å². The fourth-order valence-corrected chi connectivity index (χ4v) is 7.18. The molecule has 0 bridgehead atoms. The van der Waals surface area contributed by atoms with Crippen LogP contribution in [0.3, 0.4) is 0 Å². The molecule has 0 radical (unpaired) electrons. The topological polar surface area (TPSA) is 72.7 Å². The van der Waals surface area contributed by atoms with Crippen LogP contribution in [-0.2, 0) is 11.3 Å². The molecule has 2 atom stereocenters. The molecule has 1 aromatic heterocycles. The summed E-state index contributed by atoms with van der Waals surface area (Å²) in [6.07, 6.45) is 1.81. The normalized spacial score (nSPS) is 23.8. The van der Waals surface area contributed by atoms with Crippen molar-refractivity contribution in [3.8, 4) is 6.07 Å². The number of hydrogen-bond acceptors (Lipinski definition) is 7. The molecule has 3 aromatic rings. The zero-order chi connectivity index (χ0) is 24.9. The van der Waals surface area contributed by atoms with E-state index in [-0.39, 0.29) is 24.3 Å². The van der Waals surface area contributed by atoms with Gasteiger partial charge in [0.25, 0.3) is 0 Å². The molecule has 1 saturated carbocycles. The van der Waals surface area contributed by atoms with E-state index < -0.39 is 0 Å². The van der Waals surface area contributed by atoms with E-state index in [1.54, 1.807) is 17.4 Å². The Bertz CT molecular complexity index is 1300. The van der Waals surface area contributed by atoms with Crippen molar-refractivity contribution in [2.24, 2.45) is 5.41 Å². The van der Waals surface area contributed by atoms with E-state index >= 15 is 0 Å². The Morgan fingerprint density at radius 3 is 2.67 bits per heavy atom. The van der Waals surface area contributed by atoms with Gasteiger partial charge in [0, 0.05) is 50.2 Å². The maximum atomic E-state index is 13.1. The van der Waals surface area contributed by atoms with Gasteiger partial charge < -0.3 is 14.5 Å². The number of likely N-dealkylation sites (tertiary alicyclic amines) is 1. The Balaban J connectivity index is 1.01. The molecule has 1 spiro atoms. The maximum absolute atomic E-state index is 13.1. The number of nitriles is 1. The standard InChI is InChI=1S/C28H31N5O2S/c1-19-15-33(20(2)14-32(19)26-30-24-9-8-22(13-29)10-25(24)36-26)27(34)35-23-11-28(12-23)17-31(18-28)16-21-6-4-3-5-7-21/h3-10,19-20,23H,11-12,14-18H2,1-2H3/t19-,20+/m0/s1. The van der Waals surface area contributed by atoms with E-state index in [9.17, 15) is 10.1 Å². The van der Waals surface area contributed by atoms with Crippen molar-refractivity contribution < 1.29 is 9.53 Å². The lowest BCUT2D eigenvalue weighted by Gasteiger charge is -2.58. The van der Waals surface area contributed by atoms with E-state index in [1.807, 2.05) is 17.0 Å². The largest absolute Gasteiger partial charge is 0.446 e. The van der Waals surface area contributed by atoms with Crippen LogP contribution in [0.15, 0.2) is 48.5 Å². The fraction of sp³-hybridized carbons (Fsp3) is 0.464. The number of ether oxygens (including phenoxy) is 1. The first-order valence-electron chi connectivity index (χ1n) is 12.7. The van der Waals surface area contributed by atoms with Crippen LogP contribution >= 0.6 is 11.3 Å². The second-order valence-electron chi connectivity index (χ2n) is 10.8. The number of rotatable bonds is 4. The van der Waals surface area contributed by atoms with Crippen LogP contribution in [0.5, 0.6) is 0 Å². The second kappa shape index (κ2) is 9.06.